The van der Waals surface area contributed by atoms with E-state index in [9.17, 15) is 13.2 Å². The minimum atomic E-state index is -3.55. The standard InChI is InChI=1S/C20H25N3O4S/c1-2-27-20(24)21-18-8-10-19(11-9-18)28(25,26)23-14-12-22(13-15-23)16-17-6-4-3-5-7-17/h3-11H,2,12-16H2,1H3,(H,21,24). The number of carbonyl (C=O) groups excluding carboxylic acids is 1. The molecular formula is C20H25N3O4S. The highest BCUT2D eigenvalue weighted by molar-refractivity contribution is 7.89. The van der Waals surface area contributed by atoms with Gasteiger partial charge in [0.15, 0.2) is 0 Å². The highest BCUT2D eigenvalue weighted by atomic mass is 32.2. The van der Waals surface area contributed by atoms with Gasteiger partial charge in [0.25, 0.3) is 0 Å². The number of amides is 1. The summed E-state index contributed by atoms with van der Waals surface area (Å²) in [5.74, 6) is 0. The van der Waals surface area contributed by atoms with Crippen LogP contribution in [0, 0.1) is 0 Å². The molecule has 3 rings (SSSR count). The Kier molecular flexibility index (Phi) is 6.66. The van der Waals surface area contributed by atoms with Crippen molar-refractivity contribution in [3.05, 3.63) is 60.2 Å². The van der Waals surface area contributed by atoms with Crippen molar-refractivity contribution in [3.8, 4) is 0 Å². The topological polar surface area (TPSA) is 78.9 Å². The Bertz CT molecular complexity index is 877. The van der Waals surface area contributed by atoms with Crippen molar-refractivity contribution >= 4 is 21.8 Å². The Morgan fingerprint density at radius 2 is 1.64 bits per heavy atom. The number of sulfonamides is 1. The zero-order valence-electron chi connectivity index (χ0n) is 15.9. The zero-order valence-corrected chi connectivity index (χ0v) is 16.7. The molecule has 0 radical (unpaired) electrons. The van der Waals surface area contributed by atoms with Gasteiger partial charge in [0, 0.05) is 38.4 Å². The normalized spacial score (nSPS) is 15.9. The fourth-order valence-electron chi connectivity index (χ4n) is 3.11. The molecule has 2 aromatic rings. The zero-order chi connectivity index (χ0) is 20.0. The van der Waals surface area contributed by atoms with Gasteiger partial charge >= 0.3 is 6.09 Å². The molecule has 8 heteroatoms. The van der Waals surface area contributed by atoms with Gasteiger partial charge in [-0.25, -0.2) is 13.2 Å². The van der Waals surface area contributed by atoms with E-state index in [2.05, 4.69) is 22.3 Å². The van der Waals surface area contributed by atoms with E-state index in [1.807, 2.05) is 18.2 Å². The second kappa shape index (κ2) is 9.18. The van der Waals surface area contributed by atoms with Crippen LogP contribution in [0.3, 0.4) is 0 Å². The summed E-state index contributed by atoms with van der Waals surface area (Å²) >= 11 is 0. The summed E-state index contributed by atoms with van der Waals surface area (Å²) in [6.45, 7) is 5.11. The van der Waals surface area contributed by atoms with E-state index in [1.54, 1.807) is 19.1 Å². The third kappa shape index (κ3) is 5.09. The predicted octanol–water partition coefficient (Wildman–Crippen LogP) is 2.76. The summed E-state index contributed by atoms with van der Waals surface area (Å²) in [5.41, 5.74) is 1.72. The van der Waals surface area contributed by atoms with Crippen LogP contribution < -0.4 is 5.32 Å². The first-order valence-electron chi connectivity index (χ1n) is 9.29. The lowest BCUT2D eigenvalue weighted by atomic mass is 10.2. The first-order valence-corrected chi connectivity index (χ1v) is 10.7. The summed E-state index contributed by atoms with van der Waals surface area (Å²) in [6, 6.07) is 16.3. The number of carbonyl (C=O) groups is 1. The van der Waals surface area contributed by atoms with Gasteiger partial charge in [-0.15, -0.1) is 0 Å². The van der Waals surface area contributed by atoms with Crippen molar-refractivity contribution in [1.82, 2.24) is 9.21 Å². The molecule has 0 aliphatic carbocycles. The molecular weight excluding hydrogens is 378 g/mol. The number of benzene rings is 2. The van der Waals surface area contributed by atoms with Gasteiger partial charge in [-0.05, 0) is 36.8 Å². The van der Waals surface area contributed by atoms with Crippen LogP contribution in [0.25, 0.3) is 0 Å². The number of nitrogens with zero attached hydrogens (tertiary/aromatic N) is 2. The molecule has 1 fully saturated rings. The third-order valence-corrected chi connectivity index (χ3v) is 6.51. The molecule has 0 aromatic heterocycles. The van der Waals surface area contributed by atoms with E-state index in [0.717, 1.165) is 6.54 Å². The number of ether oxygens (including phenoxy) is 1. The van der Waals surface area contributed by atoms with Crippen LogP contribution in [0.5, 0.6) is 0 Å². The largest absolute Gasteiger partial charge is 0.450 e. The maximum absolute atomic E-state index is 12.9. The molecule has 0 spiro atoms. The van der Waals surface area contributed by atoms with Crippen LogP contribution in [0.15, 0.2) is 59.5 Å². The lowest BCUT2D eigenvalue weighted by Crippen LogP contribution is -2.48. The average Bonchev–Trinajstić information content (AvgIpc) is 2.70. The summed E-state index contributed by atoms with van der Waals surface area (Å²) in [4.78, 5) is 13.9. The molecule has 0 bridgehead atoms. The number of hydrogen-bond acceptors (Lipinski definition) is 5. The van der Waals surface area contributed by atoms with E-state index in [1.165, 1.54) is 22.0 Å². The fourth-order valence-corrected chi connectivity index (χ4v) is 4.54. The molecule has 1 amide bonds. The molecule has 150 valence electrons. The van der Waals surface area contributed by atoms with Gasteiger partial charge in [-0.3, -0.25) is 10.2 Å². The Balaban J connectivity index is 1.58. The van der Waals surface area contributed by atoms with Gasteiger partial charge in [-0.2, -0.15) is 4.31 Å². The monoisotopic (exact) mass is 403 g/mol. The molecule has 1 heterocycles. The molecule has 0 unspecified atom stereocenters. The Morgan fingerprint density at radius 1 is 1.00 bits per heavy atom. The van der Waals surface area contributed by atoms with Crippen molar-refractivity contribution in [3.63, 3.8) is 0 Å². The van der Waals surface area contributed by atoms with Gasteiger partial charge in [0.1, 0.15) is 0 Å². The average molecular weight is 404 g/mol. The lowest BCUT2D eigenvalue weighted by Gasteiger charge is -2.34. The summed E-state index contributed by atoms with van der Waals surface area (Å²) in [6.07, 6.45) is -0.562. The molecule has 2 aromatic carbocycles. The van der Waals surface area contributed by atoms with Gasteiger partial charge in [0.2, 0.25) is 10.0 Å². The summed E-state index contributed by atoms with van der Waals surface area (Å²) in [5, 5.41) is 2.55. The molecule has 1 N–H and O–H groups in total. The highest BCUT2D eigenvalue weighted by Gasteiger charge is 2.28. The number of anilines is 1. The van der Waals surface area contributed by atoms with Crippen LogP contribution in [-0.4, -0.2) is 56.5 Å². The molecule has 1 aliphatic rings. The minimum absolute atomic E-state index is 0.221. The highest BCUT2D eigenvalue weighted by Crippen LogP contribution is 2.20. The lowest BCUT2D eigenvalue weighted by molar-refractivity contribution is 0.168. The van der Waals surface area contributed by atoms with Crippen molar-refractivity contribution in [2.24, 2.45) is 0 Å². The van der Waals surface area contributed by atoms with E-state index in [-0.39, 0.29) is 11.5 Å². The van der Waals surface area contributed by atoms with Gasteiger partial charge in [0.05, 0.1) is 11.5 Å². The molecule has 0 saturated carbocycles. The molecule has 28 heavy (non-hydrogen) atoms. The Hall–Kier alpha value is -2.42. The molecule has 0 atom stereocenters. The van der Waals surface area contributed by atoms with Gasteiger partial charge < -0.3 is 4.74 Å². The Morgan fingerprint density at radius 3 is 2.25 bits per heavy atom. The van der Waals surface area contributed by atoms with E-state index in [0.29, 0.717) is 31.9 Å². The van der Waals surface area contributed by atoms with Crippen LogP contribution in [0.4, 0.5) is 10.5 Å². The van der Waals surface area contributed by atoms with Gasteiger partial charge in [-0.1, -0.05) is 30.3 Å². The van der Waals surface area contributed by atoms with Crippen molar-refractivity contribution in [1.29, 1.82) is 0 Å². The molecule has 1 saturated heterocycles. The smallest absolute Gasteiger partial charge is 0.411 e. The van der Waals surface area contributed by atoms with E-state index in [4.69, 9.17) is 4.74 Å². The van der Waals surface area contributed by atoms with E-state index < -0.39 is 16.1 Å². The summed E-state index contributed by atoms with van der Waals surface area (Å²) < 4.78 is 32.1. The fraction of sp³-hybridized carbons (Fsp3) is 0.350. The first-order chi connectivity index (χ1) is 13.5. The van der Waals surface area contributed by atoms with Crippen LogP contribution in [-0.2, 0) is 21.3 Å². The van der Waals surface area contributed by atoms with Crippen molar-refractivity contribution < 1.29 is 17.9 Å². The predicted molar refractivity (Wildman–Crippen MR) is 108 cm³/mol. The van der Waals surface area contributed by atoms with Crippen LogP contribution in [0.1, 0.15) is 12.5 Å². The van der Waals surface area contributed by atoms with Crippen molar-refractivity contribution in [2.45, 2.75) is 18.4 Å². The maximum atomic E-state index is 12.9. The van der Waals surface area contributed by atoms with E-state index >= 15 is 0 Å². The Labute approximate surface area is 166 Å². The number of hydrogen-bond donors (Lipinski definition) is 1. The second-order valence-electron chi connectivity index (χ2n) is 6.54. The second-order valence-corrected chi connectivity index (χ2v) is 8.47. The molecule has 7 nitrogen and oxygen atoms in total. The SMILES string of the molecule is CCOC(=O)Nc1ccc(S(=O)(=O)N2CCN(Cc3ccccc3)CC2)cc1. The maximum Gasteiger partial charge on any atom is 0.411 e. The third-order valence-electron chi connectivity index (χ3n) is 4.59. The number of rotatable bonds is 6. The van der Waals surface area contributed by atoms with Crippen LogP contribution >= 0.6 is 0 Å². The van der Waals surface area contributed by atoms with Crippen LogP contribution in [0.2, 0.25) is 0 Å². The first kappa shape index (κ1) is 20.3. The number of piperazine rings is 1. The summed E-state index contributed by atoms with van der Waals surface area (Å²) in [7, 11) is -3.55. The minimum Gasteiger partial charge on any atom is -0.450 e. The number of nitrogens with one attached hydrogen (secondary N) is 1. The van der Waals surface area contributed by atoms with Crippen molar-refractivity contribution in [2.75, 3.05) is 38.1 Å². The quantitative estimate of drug-likeness (QED) is 0.802. The molecule has 1 aliphatic heterocycles.